The second-order valence-electron chi connectivity index (χ2n) is 13.2. The molecule has 1 aromatic heterocycles. The molecule has 10 aromatic rings. The Morgan fingerprint density at radius 2 is 0.725 bits per heavy atom. The molecule has 0 amide bonds. The monoisotopic (exact) mass is 648 g/mol. The van der Waals surface area contributed by atoms with Crippen molar-refractivity contribution in [3.8, 4) is 55.6 Å². The molecule has 0 radical (unpaired) electrons. The molecule has 1 heteroatoms. The first-order valence-corrected chi connectivity index (χ1v) is 17.5. The summed E-state index contributed by atoms with van der Waals surface area (Å²) in [4.78, 5) is 0. The van der Waals surface area contributed by atoms with Gasteiger partial charge in [0.05, 0.1) is 0 Å². The minimum absolute atomic E-state index is 0.913. The Kier molecular flexibility index (Phi) is 6.89. The van der Waals surface area contributed by atoms with Crippen molar-refractivity contribution in [3.63, 3.8) is 0 Å². The molecule has 51 heavy (non-hydrogen) atoms. The SMILES string of the molecule is c1ccc(-c2ccc(-c3c4ccccc4c(-c4ccccc4)c4ccc(-c5cccc(-c6cccc7c6oc6ccccc67)c5)cc34)cc2)cc1. The molecule has 0 aliphatic rings. The molecule has 0 saturated carbocycles. The smallest absolute Gasteiger partial charge is 0.143 e. The summed E-state index contributed by atoms with van der Waals surface area (Å²) in [7, 11) is 0. The zero-order chi connectivity index (χ0) is 33.7. The summed E-state index contributed by atoms with van der Waals surface area (Å²) in [6.07, 6.45) is 0. The summed E-state index contributed by atoms with van der Waals surface area (Å²) >= 11 is 0. The highest BCUT2D eigenvalue weighted by Crippen LogP contribution is 2.45. The quantitative estimate of drug-likeness (QED) is 0.169. The van der Waals surface area contributed by atoms with Gasteiger partial charge in [-0.15, -0.1) is 0 Å². The summed E-state index contributed by atoms with van der Waals surface area (Å²) < 4.78 is 6.44. The Hall–Kier alpha value is -6.70. The van der Waals surface area contributed by atoms with E-state index in [4.69, 9.17) is 4.42 Å². The van der Waals surface area contributed by atoms with Crippen molar-refractivity contribution < 1.29 is 4.42 Å². The fraction of sp³-hybridized carbons (Fsp3) is 0. The second-order valence-corrected chi connectivity index (χ2v) is 13.2. The predicted molar refractivity (Wildman–Crippen MR) is 216 cm³/mol. The summed E-state index contributed by atoms with van der Waals surface area (Å²) in [5.74, 6) is 0. The Labute approximate surface area is 296 Å². The van der Waals surface area contributed by atoms with E-state index in [1.807, 2.05) is 12.1 Å². The summed E-state index contributed by atoms with van der Waals surface area (Å²) in [6.45, 7) is 0. The predicted octanol–water partition coefficient (Wildman–Crippen LogP) is 14.2. The van der Waals surface area contributed by atoms with Crippen molar-refractivity contribution >= 4 is 43.5 Å². The molecule has 0 saturated heterocycles. The fourth-order valence-electron chi connectivity index (χ4n) is 7.89. The van der Waals surface area contributed by atoms with Gasteiger partial charge in [0.25, 0.3) is 0 Å². The molecule has 0 aliphatic heterocycles. The maximum atomic E-state index is 6.44. The number of hydrogen-bond acceptors (Lipinski definition) is 1. The molecule has 0 spiro atoms. The van der Waals surface area contributed by atoms with Crippen LogP contribution in [-0.4, -0.2) is 0 Å². The van der Waals surface area contributed by atoms with E-state index in [-0.39, 0.29) is 0 Å². The van der Waals surface area contributed by atoms with Crippen LogP contribution in [-0.2, 0) is 0 Å². The third-order valence-electron chi connectivity index (χ3n) is 10.3. The molecule has 1 heterocycles. The van der Waals surface area contributed by atoms with E-state index in [1.54, 1.807) is 0 Å². The highest BCUT2D eigenvalue weighted by molar-refractivity contribution is 6.22. The van der Waals surface area contributed by atoms with Crippen molar-refractivity contribution in [2.45, 2.75) is 0 Å². The molecule has 0 unspecified atom stereocenters. The van der Waals surface area contributed by atoms with E-state index in [9.17, 15) is 0 Å². The van der Waals surface area contributed by atoms with Crippen LogP contribution in [0, 0.1) is 0 Å². The first-order chi connectivity index (χ1) is 25.3. The Balaban J connectivity index is 1.19. The van der Waals surface area contributed by atoms with E-state index < -0.39 is 0 Å². The Bertz CT molecular complexity index is 2880. The van der Waals surface area contributed by atoms with E-state index in [0.29, 0.717) is 0 Å². The second kappa shape index (κ2) is 12.0. The van der Waals surface area contributed by atoms with Crippen LogP contribution in [0.25, 0.3) is 99.1 Å². The normalized spacial score (nSPS) is 11.5. The number of fused-ring (bicyclic) bond motifs is 5. The lowest BCUT2D eigenvalue weighted by molar-refractivity contribution is 0.670. The van der Waals surface area contributed by atoms with Gasteiger partial charge in [-0.1, -0.05) is 176 Å². The minimum Gasteiger partial charge on any atom is -0.455 e. The number of rotatable bonds is 5. The minimum atomic E-state index is 0.913. The van der Waals surface area contributed by atoms with Gasteiger partial charge < -0.3 is 4.42 Å². The zero-order valence-corrected chi connectivity index (χ0v) is 27.9. The lowest BCUT2D eigenvalue weighted by Gasteiger charge is -2.19. The van der Waals surface area contributed by atoms with Gasteiger partial charge in [0, 0.05) is 16.3 Å². The Morgan fingerprint density at radius 3 is 1.49 bits per heavy atom. The summed E-state index contributed by atoms with van der Waals surface area (Å²) in [5.41, 5.74) is 13.8. The maximum Gasteiger partial charge on any atom is 0.143 e. The average molecular weight is 649 g/mol. The van der Waals surface area contributed by atoms with Gasteiger partial charge in [0.2, 0.25) is 0 Å². The highest BCUT2D eigenvalue weighted by Gasteiger charge is 2.18. The first kappa shape index (κ1) is 29.2. The van der Waals surface area contributed by atoms with Gasteiger partial charge in [-0.05, 0) is 89.8 Å². The number of furan rings is 1. The molecule has 0 N–H and O–H groups in total. The molecule has 0 fully saturated rings. The summed E-state index contributed by atoms with van der Waals surface area (Å²) in [6, 6.07) is 70.0. The van der Waals surface area contributed by atoms with Crippen LogP contribution in [0.1, 0.15) is 0 Å². The van der Waals surface area contributed by atoms with Crippen molar-refractivity contribution in [1.82, 2.24) is 0 Å². The van der Waals surface area contributed by atoms with Crippen LogP contribution in [0.15, 0.2) is 199 Å². The molecular weight excluding hydrogens is 617 g/mol. The molecule has 238 valence electrons. The van der Waals surface area contributed by atoms with Crippen LogP contribution in [0.4, 0.5) is 0 Å². The molecule has 10 rings (SSSR count). The lowest BCUT2D eigenvalue weighted by atomic mass is 9.84. The van der Waals surface area contributed by atoms with Crippen LogP contribution in [0.5, 0.6) is 0 Å². The van der Waals surface area contributed by atoms with Crippen LogP contribution in [0.2, 0.25) is 0 Å². The molecule has 0 bridgehead atoms. The van der Waals surface area contributed by atoms with Gasteiger partial charge in [-0.2, -0.15) is 0 Å². The molecule has 1 nitrogen and oxygen atoms in total. The Morgan fingerprint density at radius 1 is 0.255 bits per heavy atom. The number of hydrogen-bond donors (Lipinski definition) is 0. The van der Waals surface area contributed by atoms with E-state index in [2.05, 4.69) is 182 Å². The first-order valence-electron chi connectivity index (χ1n) is 17.5. The van der Waals surface area contributed by atoms with Crippen molar-refractivity contribution in [1.29, 1.82) is 0 Å². The number of benzene rings is 9. The lowest BCUT2D eigenvalue weighted by Crippen LogP contribution is -1.92. The zero-order valence-electron chi connectivity index (χ0n) is 27.9. The third-order valence-corrected chi connectivity index (χ3v) is 10.3. The maximum absolute atomic E-state index is 6.44. The molecule has 9 aromatic carbocycles. The molecule has 0 aliphatic carbocycles. The standard InChI is InChI=1S/C50H32O/c1-3-13-33(14-4-1)34-25-27-36(28-26-34)49-43-21-8-7-20-42(43)48(35-15-5-2-6-16-35)44-30-29-38(32-46(44)49)37-17-11-18-39(31-37)40-22-12-23-45-41-19-9-10-24-47(41)51-50(40)45/h1-32H. The van der Waals surface area contributed by atoms with Gasteiger partial charge in [-0.3, -0.25) is 0 Å². The largest absolute Gasteiger partial charge is 0.455 e. The summed E-state index contributed by atoms with van der Waals surface area (Å²) in [5, 5.41) is 7.27. The highest BCUT2D eigenvalue weighted by atomic mass is 16.3. The van der Waals surface area contributed by atoms with Gasteiger partial charge in [0.15, 0.2) is 0 Å². The topological polar surface area (TPSA) is 13.1 Å². The van der Waals surface area contributed by atoms with Gasteiger partial charge >= 0.3 is 0 Å². The van der Waals surface area contributed by atoms with E-state index in [0.717, 1.165) is 33.1 Å². The van der Waals surface area contributed by atoms with Gasteiger partial charge in [-0.25, -0.2) is 0 Å². The van der Waals surface area contributed by atoms with E-state index in [1.165, 1.54) is 66.1 Å². The fourth-order valence-corrected chi connectivity index (χ4v) is 7.89. The third kappa shape index (κ3) is 4.94. The molecule has 0 atom stereocenters. The van der Waals surface area contributed by atoms with Crippen molar-refractivity contribution in [2.75, 3.05) is 0 Å². The molecular formula is C50H32O. The van der Waals surface area contributed by atoms with Crippen LogP contribution < -0.4 is 0 Å². The van der Waals surface area contributed by atoms with Gasteiger partial charge in [0.1, 0.15) is 11.2 Å². The van der Waals surface area contributed by atoms with Crippen molar-refractivity contribution in [3.05, 3.63) is 194 Å². The van der Waals surface area contributed by atoms with Crippen molar-refractivity contribution in [2.24, 2.45) is 0 Å². The van der Waals surface area contributed by atoms with E-state index >= 15 is 0 Å². The average Bonchev–Trinajstić information content (AvgIpc) is 3.59. The number of para-hydroxylation sites is 2. The van der Waals surface area contributed by atoms with Crippen LogP contribution in [0.3, 0.4) is 0 Å². The van der Waals surface area contributed by atoms with Crippen LogP contribution >= 0.6 is 0 Å².